The number of sulfone groups is 1. The topological polar surface area (TPSA) is 184 Å². The molecule has 3 aliphatic rings. The minimum absolute atomic E-state index is 0.0157. The number of amides is 2. The van der Waals surface area contributed by atoms with Crippen molar-refractivity contribution in [2.75, 3.05) is 114 Å². The predicted molar refractivity (Wildman–Crippen MR) is 273 cm³/mol. The molecule has 4 aromatic rings. The van der Waals surface area contributed by atoms with Crippen molar-refractivity contribution in [1.82, 2.24) is 19.4 Å². The zero-order valence-electron chi connectivity index (χ0n) is 40.2. The van der Waals surface area contributed by atoms with E-state index in [1.54, 1.807) is 17.0 Å². The maximum atomic E-state index is 14.2. The molecule has 1 atom stereocenters. The summed E-state index contributed by atoms with van der Waals surface area (Å²) in [6, 6.07) is 24.9. The van der Waals surface area contributed by atoms with Gasteiger partial charge in [0.25, 0.3) is 25.8 Å². The minimum atomic E-state index is -6.09. The summed E-state index contributed by atoms with van der Waals surface area (Å²) < 4.78 is 114. The summed E-state index contributed by atoms with van der Waals surface area (Å²) in [5.41, 5.74) is -2.30. The van der Waals surface area contributed by atoms with E-state index in [-0.39, 0.29) is 31.2 Å². The highest BCUT2D eigenvalue weighted by Crippen LogP contribution is 2.37. The highest BCUT2D eigenvalue weighted by atomic mass is 35.5. The molecule has 0 unspecified atom stereocenters. The normalized spacial score (nSPS) is 16.8. The van der Waals surface area contributed by atoms with Crippen molar-refractivity contribution in [2.24, 2.45) is 0 Å². The van der Waals surface area contributed by atoms with Crippen LogP contribution in [0.2, 0.25) is 5.02 Å². The van der Waals surface area contributed by atoms with Crippen LogP contribution in [0.5, 0.6) is 0 Å². The number of ketones is 1. The lowest BCUT2D eigenvalue weighted by atomic mass is 9.93. The van der Waals surface area contributed by atoms with Crippen LogP contribution < -0.4 is 14.9 Å². The van der Waals surface area contributed by atoms with E-state index in [9.17, 15) is 44.4 Å². The first-order valence-corrected chi connectivity index (χ1v) is 28.0. The van der Waals surface area contributed by atoms with Gasteiger partial charge in [0.15, 0.2) is 5.78 Å². The number of halogens is 4. The van der Waals surface area contributed by atoms with E-state index < -0.39 is 58.9 Å². The number of nitrogens with one attached hydrogen (secondary N) is 2. The molecule has 0 spiro atoms. The number of carbonyl (C=O) groups is 3. The Morgan fingerprint density at radius 3 is 2.21 bits per heavy atom. The van der Waals surface area contributed by atoms with Crippen molar-refractivity contribution in [3.63, 3.8) is 0 Å². The van der Waals surface area contributed by atoms with Gasteiger partial charge in [-0.05, 0) is 103 Å². The molecular weight excluding hydrogens is 1030 g/mol. The molecule has 2 fully saturated rings. The number of morpholine rings is 1. The third-order valence-electron chi connectivity index (χ3n) is 12.5. The summed E-state index contributed by atoms with van der Waals surface area (Å²) in [7, 11) is -11.0. The van der Waals surface area contributed by atoms with E-state index in [1.807, 2.05) is 59.3 Å². The molecule has 0 saturated carbocycles. The number of piperazine rings is 1. The van der Waals surface area contributed by atoms with Crippen LogP contribution in [0.1, 0.15) is 35.7 Å². The van der Waals surface area contributed by atoms with E-state index in [0.717, 1.165) is 39.4 Å². The lowest BCUT2D eigenvalue weighted by molar-refractivity contribution is -0.121. The molecule has 73 heavy (non-hydrogen) atoms. The van der Waals surface area contributed by atoms with Crippen molar-refractivity contribution < 1.29 is 58.6 Å². The van der Waals surface area contributed by atoms with Crippen molar-refractivity contribution in [3.05, 3.63) is 119 Å². The van der Waals surface area contributed by atoms with Crippen LogP contribution in [-0.2, 0) is 38.9 Å². The maximum absolute atomic E-state index is 14.2. The minimum Gasteiger partial charge on any atom is -0.447 e. The molecule has 0 aromatic heterocycles. The Morgan fingerprint density at radius 1 is 0.836 bits per heavy atom. The van der Waals surface area contributed by atoms with Gasteiger partial charge >= 0.3 is 11.6 Å². The Hall–Kier alpha value is -5.20. The first kappa shape index (κ1) is 55.5. The van der Waals surface area contributed by atoms with Gasteiger partial charge in [-0.3, -0.25) is 19.4 Å². The summed E-state index contributed by atoms with van der Waals surface area (Å²) in [5, 5.41) is 3.59. The number of alkyl halides is 3. The van der Waals surface area contributed by atoms with Crippen LogP contribution in [-0.4, -0.2) is 165 Å². The van der Waals surface area contributed by atoms with Gasteiger partial charge in [-0.15, -0.1) is 11.8 Å². The van der Waals surface area contributed by atoms with E-state index in [0.29, 0.717) is 108 Å². The zero-order valence-corrected chi connectivity index (χ0v) is 43.4. The second kappa shape index (κ2) is 25.4. The van der Waals surface area contributed by atoms with Crippen molar-refractivity contribution in [1.29, 1.82) is 0 Å². The van der Waals surface area contributed by atoms with Crippen LogP contribution in [0.4, 0.5) is 29.3 Å². The van der Waals surface area contributed by atoms with Gasteiger partial charge in [0, 0.05) is 98.4 Å². The highest BCUT2D eigenvalue weighted by Gasteiger charge is 2.48. The molecule has 2 N–H and O–H groups in total. The first-order chi connectivity index (χ1) is 34.9. The predicted octanol–water partition coefficient (Wildman–Crippen LogP) is 7.07. The van der Waals surface area contributed by atoms with Gasteiger partial charge in [-0.1, -0.05) is 41.9 Å². The fourth-order valence-electron chi connectivity index (χ4n) is 8.55. The molecule has 2 saturated heterocycles. The molecule has 3 heterocycles. The van der Waals surface area contributed by atoms with Crippen molar-refractivity contribution in [2.45, 2.75) is 46.0 Å². The zero-order chi connectivity index (χ0) is 52.2. The number of anilines is 2. The van der Waals surface area contributed by atoms with Crippen LogP contribution in [0.3, 0.4) is 0 Å². The Labute approximate surface area is 433 Å². The van der Waals surface area contributed by atoms with Gasteiger partial charge in [0.2, 0.25) is 0 Å². The average molecular weight is 1090 g/mol. The molecule has 4 aromatic carbocycles. The van der Waals surface area contributed by atoms with E-state index in [1.165, 1.54) is 30.8 Å². The SMILES string of the molecule is CC(=O)COCCOC(=O)N1CCC(c2ccc(Cl)cc2)=C(CN2CCN(c3ccc(C(=O)NS(=O)(=O)c4ccc(N[C@H](CCN5CCOCC5)CSc5ccccc5)c(S(=O)(=O)C(F)(F)F)c4)cc3)CC2)C1. The van der Waals surface area contributed by atoms with Gasteiger partial charge in [0.1, 0.15) is 18.1 Å². The summed E-state index contributed by atoms with van der Waals surface area (Å²) in [6.45, 7) is 8.30. The first-order valence-electron chi connectivity index (χ1n) is 23.7. The van der Waals surface area contributed by atoms with Gasteiger partial charge in [0.05, 0.1) is 30.4 Å². The number of ether oxygens (including phenoxy) is 3. The molecule has 7 rings (SSSR count). The number of sulfonamides is 1. The van der Waals surface area contributed by atoms with Gasteiger partial charge in [-0.2, -0.15) is 13.2 Å². The number of hydrogen-bond donors (Lipinski definition) is 2. The summed E-state index contributed by atoms with van der Waals surface area (Å²) >= 11 is 7.63. The number of nitrogens with zero attached hydrogens (tertiary/aromatic N) is 4. The summed E-state index contributed by atoms with van der Waals surface area (Å²) in [6.07, 6.45) is 0.552. The Bertz CT molecular complexity index is 2800. The quantitative estimate of drug-likeness (QED) is 0.0638. The number of Topliss-reactive ketones (excluding diaryl/α,β-unsaturated/α-hetero) is 1. The number of hydrogen-bond acceptors (Lipinski definition) is 15. The Morgan fingerprint density at radius 2 is 1.53 bits per heavy atom. The van der Waals surface area contributed by atoms with Gasteiger partial charge in [-0.25, -0.2) is 26.4 Å². The van der Waals surface area contributed by atoms with Crippen molar-refractivity contribution in [3.8, 4) is 0 Å². The molecule has 0 aliphatic carbocycles. The van der Waals surface area contributed by atoms with E-state index in [4.69, 9.17) is 25.8 Å². The third-order valence-corrected chi connectivity index (χ3v) is 16.7. The molecule has 16 nitrogen and oxygen atoms in total. The maximum Gasteiger partial charge on any atom is 0.501 e. The number of thioether (sulfide) groups is 1. The third kappa shape index (κ3) is 15.4. The molecule has 2 amide bonds. The molecule has 0 bridgehead atoms. The number of carbonyl (C=O) groups excluding carboxylic acids is 3. The second-order valence-corrected chi connectivity index (χ2v) is 22.8. The standard InChI is InChI=1S/C50H58ClF3N6O10S3/c1-36(61)34-69-29-30-70-49(63)60-20-18-45(37-7-11-40(51)12-8-37)39(33-60)32-58-21-23-59(24-22-58)42-13-9-38(10-14-42)48(62)56-73(66,67)44-15-16-46(47(31-44)72(64,65)50(52,53)54)55-41(17-19-57-25-27-68-28-26-57)35-71-43-5-3-2-4-6-43/h2-16,31,41,55H,17-30,32-35H2,1H3,(H,56,62)/t41-/m1/s1. The number of rotatable bonds is 21. The van der Waals surface area contributed by atoms with Crippen LogP contribution in [0.15, 0.2) is 117 Å². The average Bonchev–Trinajstić information content (AvgIpc) is 3.37. The van der Waals surface area contributed by atoms with E-state index >= 15 is 0 Å². The highest BCUT2D eigenvalue weighted by molar-refractivity contribution is 7.99. The fourth-order valence-corrected chi connectivity index (χ4v) is 11.7. The van der Waals surface area contributed by atoms with E-state index in [2.05, 4.69) is 20.0 Å². The second-order valence-electron chi connectivity index (χ2n) is 17.7. The molecule has 3 aliphatic heterocycles. The van der Waals surface area contributed by atoms with Crippen LogP contribution in [0.25, 0.3) is 5.57 Å². The largest absolute Gasteiger partial charge is 0.501 e. The van der Waals surface area contributed by atoms with Gasteiger partial charge < -0.3 is 29.3 Å². The number of benzene rings is 4. The molecular formula is C50H58ClF3N6O10S3. The van der Waals surface area contributed by atoms with Crippen LogP contribution >= 0.6 is 23.4 Å². The lowest BCUT2D eigenvalue weighted by Crippen LogP contribution is -2.48. The summed E-state index contributed by atoms with van der Waals surface area (Å²) in [5.74, 6) is -0.849. The molecule has 23 heteroatoms. The Balaban J connectivity index is 0.991. The van der Waals surface area contributed by atoms with Crippen molar-refractivity contribution >= 4 is 78.0 Å². The fraction of sp³-hybridized carbons (Fsp3) is 0.420. The molecule has 0 radical (unpaired) electrons. The monoisotopic (exact) mass is 1090 g/mol. The Kier molecular flexibility index (Phi) is 19.3. The van der Waals surface area contributed by atoms with Crippen LogP contribution in [0, 0.1) is 0 Å². The molecule has 394 valence electrons. The lowest BCUT2D eigenvalue weighted by Gasteiger charge is -2.38. The smallest absolute Gasteiger partial charge is 0.447 e. The summed E-state index contributed by atoms with van der Waals surface area (Å²) in [4.78, 5) is 44.6.